The maximum atomic E-state index is 11.6. The van der Waals surface area contributed by atoms with Crippen molar-refractivity contribution in [3.63, 3.8) is 0 Å². The molecule has 0 saturated heterocycles. The van der Waals surface area contributed by atoms with Crippen LogP contribution in [0.1, 0.15) is 11.1 Å². The van der Waals surface area contributed by atoms with E-state index in [1.165, 1.54) is 14.2 Å². The van der Waals surface area contributed by atoms with E-state index in [-0.39, 0.29) is 6.42 Å². The predicted molar refractivity (Wildman–Crippen MR) is 82.6 cm³/mol. The van der Waals surface area contributed by atoms with Crippen molar-refractivity contribution in [2.24, 2.45) is 5.73 Å². The van der Waals surface area contributed by atoms with Gasteiger partial charge in [0.25, 0.3) is 0 Å². The summed E-state index contributed by atoms with van der Waals surface area (Å²) in [5.74, 6) is 0.904. The average Bonchev–Trinajstić information content (AvgIpc) is 2.54. The highest BCUT2D eigenvalue weighted by atomic mass is 16.6. The lowest BCUT2D eigenvalue weighted by molar-refractivity contribution is -0.578. The fourth-order valence-electron chi connectivity index (χ4n) is 2.28. The summed E-state index contributed by atoms with van der Waals surface area (Å²) in [4.78, 5) is 11.1. The van der Waals surface area contributed by atoms with E-state index >= 15 is 0 Å². The molecule has 2 rings (SSSR count). The molecule has 0 aliphatic rings. The minimum atomic E-state index is -1.74. The molecule has 0 amide bonds. The first-order chi connectivity index (χ1) is 10.5. The summed E-state index contributed by atoms with van der Waals surface area (Å²) < 4.78 is 10.3. The van der Waals surface area contributed by atoms with E-state index in [1.807, 2.05) is 30.3 Å². The Kier molecular flexibility index (Phi) is 4.62. The largest absolute Gasteiger partial charge is 0.493 e. The molecule has 0 aromatic heterocycles. The summed E-state index contributed by atoms with van der Waals surface area (Å²) in [6.45, 7) is 0. The lowest BCUT2D eigenvalue weighted by atomic mass is 9.93. The van der Waals surface area contributed by atoms with Crippen LogP contribution in [0.3, 0.4) is 0 Å². The predicted octanol–water partition coefficient (Wildman–Crippen LogP) is 2.33. The monoisotopic (exact) mass is 302 g/mol. The van der Waals surface area contributed by atoms with Gasteiger partial charge < -0.3 is 9.47 Å². The maximum Gasteiger partial charge on any atom is 0.302 e. The minimum absolute atomic E-state index is 0.0797. The van der Waals surface area contributed by atoms with E-state index in [9.17, 15) is 10.1 Å². The summed E-state index contributed by atoms with van der Waals surface area (Å²) in [6.07, 6.45) is 0.0797. The molecule has 0 heterocycles. The van der Waals surface area contributed by atoms with Crippen molar-refractivity contribution >= 4 is 0 Å². The lowest BCUT2D eigenvalue weighted by Crippen LogP contribution is -2.46. The Morgan fingerprint density at radius 3 is 2.27 bits per heavy atom. The molecule has 0 aliphatic heterocycles. The fraction of sp³-hybridized carbons (Fsp3) is 0.250. The molecule has 0 radical (unpaired) electrons. The summed E-state index contributed by atoms with van der Waals surface area (Å²) >= 11 is 0. The van der Waals surface area contributed by atoms with Crippen LogP contribution >= 0.6 is 0 Å². The number of hydrogen-bond acceptors (Lipinski definition) is 5. The van der Waals surface area contributed by atoms with Crippen LogP contribution in [0, 0.1) is 10.1 Å². The van der Waals surface area contributed by atoms with Gasteiger partial charge in [0.2, 0.25) is 0 Å². The summed E-state index contributed by atoms with van der Waals surface area (Å²) in [5, 5.41) is 11.6. The van der Waals surface area contributed by atoms with Crippen LogP contribution in [-0.4, -0.2) is 19.1 Å². The van der Waals surface area contributed by atoms with Gasteiger partial charge in [-0.25, -0.2) is 0 Å². The zero-order valence-corrected chi connectivity index (χ0v) is 12.5. The first kappa shape index (κ1) is 15.8. The molecule has 2 aromatic carbocycles. The van der Waals surface area contributed by atoms with Crippen LogP contribution in [0.4, 0.5) is 0 Å². The molecule has 6 nitrogen and oxygen atoms in total. The van der Waals surface area contributed by atoms with E-state index in [0.717, 1.165) is 5.56 Å². The van der Waals surface area contributed by atoms with Gasteiger partial charge >= 0.3 is 5.66 Å². The van der Waals surface area contributed by atoms with Gasteiger partial charge in [0, 0.05) is 10.5 Å². The number of ether oxygens (including phenoxy) is 2. The van der Waals surface area contributed by atoms with Crippen molar-refractivity contribution in [3.05, 3.63) is 69.8 Å². The van der Waals surface area contributed by atoms with Gasteiger partial charge in [-0.05, 0) is 23.8 Å². The molecule has 116 valence electrons. The zero-order chi connectivity index (χ0) is 16.2. The summed E-state index contributed by atoms with van der Waals surface area (Å²) in [6, 6.07) is 13.9. The standard InChI is InChI=1S/C16H18N2O4/c1-21-14-9-8-13(10-15(14)22-2)16(17,18(19)20)11-12-6-4-3-5-7-12/h3-10H,11,17H2,1-2H3. The van der Waals surface area contributed by atoms with E-state index < -0.39 is 10.6 Å². The van der Waals surface area contributed by atoms with Crippen molar-refractivity contribution < 1.29 is 14.4 Å². The van der Waals surface area contributed by atoms with Gasteiger partial charge in [0.1, 0.15) is 0 Å². The van der Waals surface area contributed by atoms with E-state index in [4.69, 9.17) is 15.2 Å². The van der Waals surface area contributed by atoms with Gasteiger partial charge in [0.05, 0.1) is 20.6 Å². The second-order valence-corrected chi connectivity index (χ2v) is 4.91. The summed E-state index contributed by atoms with van der Waals surface area (Å²) in [5.41, 5.74) is 5.53. The van der Waals surface area contributed by atoms with Crippen LogP contribution < -0.4 is 15.2 Å². The topological polar surface area (TPSA) is 87.6 Å². The number of nitrogens with two attached hydrogens (primary N) is 1. The van der Waals surface area contributed by atoms with Crippen molar-refractivity contribution in [1.82, 2.24) is 0 Å². The van der Waals surface area contributed by atoms with Crippen LogP contribution in [0.5, 0.6) is 11.5 Å². The number of benzene rings is 2. The number of nitrogens with zero attached hydrogens (tertiary/aromatic N) is 1. The van der Waals surface area contributed by atoms with Crippen LogP contribution in [0.15, 0.2) is 48.5 Å². The smallest absolute Gasteiger partial charge is 0.302 e. The molecule has 2 N–H and O–H groups in total. The van der Waals surface area contributed by atoms with Gasteiger partial charge in [-0.1, -0.05) is 30.3 Å². The average molecular weight is 302 g/mol. The van der Waals surface area contributed by atoms with Crippen LogP contribution in [0.25, 0.3) is 0 Å². The quantitative estimate of drug-likeness (QED) is 0.502. The third-order valence-electron chi connectivity index (χ3n) is 3.53. The van der Waals surface area contributed by atoms with E-state index in [1.54, 1.807) is 18.2 Å². The Labute approximate surface area is 128 Å². The zero-order valence-electron chi connectivity index (χ0n) is 12.5. The van der Waals surface area contributed by atoms with Crippen molar-refractivity contribution in [2.45, 2.75) is 12.1 Å². The Morgan fingerprint density at radius 2 is 1.73 bits per heavy atom. The molecule has 1 unspecified atom stereocenters. The molecule has 0 aliphatic carbocycles. The number of methoxy groups -OCH3 is 2. The number of hydrogen-bond donors (Lipinski definition) is 1. The highest BCUT2D eigenvalue weighted by molar-refractivity contribution is 5.44. The lowest BCUT2D eigenvalue weighted by Gasteiger charge is -2.22. The number of rotatable bonds is 6. The van der Waals surface area contributed by atoms with Crippen LogP contribution in [0.2, 0.25) is 0 Å². The second-order valence-electron chi connectivity index (χ2n) is 4.91. The molecule has 1 atom stereocenters. The molecular weight excluding hydrogens is 284 g/mol. The number of nitro groups is 1. The fourth-order valence-corrected chi connectivity index (χ4v) is 2.28. The van der Waals surface area contributed by atoms with E-state index in [0.29, 0.717) is 17.1 Å². The maximum absolute atomic E-state index is 11.6. The molecule has 6 heteroatoms. The van der Waals surface area contributed by atoms with Gasteiger partial charge in [-0.15, -0.1) is 0 Å². The highest BCUT2D eigenvalue weighted by Gasteiger charge is 2.41. The van der Waals surface area contributed by atoms with Crippen molar-refractivity contribution in [2.75, 3.05) is 14.2 Å². The molecule has 0 spiro atoms. The Balaban J connectivity index is 2.45. The van der Waals surface area contributed by atoms with Gasteiger partial charge in [0.15, 0.2) is 11.5 Å². The molecule has 0 saturated carbocycles. The van der Waals surface area contributed by atoms with Gasteiger partial charge in [-0.2, -0.15) is 0 Å². The molecule has 2 aromatic rings. The molecular formula is C16H18N2O4. The van der Waals surface area contributed by atoms with Gasteiger partial charge in [-0.3, -0.25) is 15.8 Å². The summed E-state index contributed by atoms with van der Waals surface area (Å²) in [7, 11) is 2.98. The molecule has 22 heavy (non-hydrogen) atoms. The Bertz CT molecular complexity index is 660. The normalized spacial score (nSPS) is 13.2. The third kappa shape index (κ3) is 3.01. The molecule has 0 fully saturated rings. The third-order valence-corrected chi connectivity index (χ3v) is 3.53. The SMILES string of the molecule is COc1ccc(C(N)(Cc2ccccc2)[N+](=O)[O-])cc1OC. The molecule has 0 bridgehead atoms. The van der Waals surface area contributed by atoms with Crippen molar-refractivity contribution in [3.8, 4) is 11.5 Å². The van der Waals surface area contributed by atoms with Crippen molar-refractivity contribution in [1.29, 1.82) is 0 Å². The minimum Gasteiger partial charge on any atom is -0.493 e. The Hall–Kier alpha value is -2.60. The van der Waals surface area contributed by atoms with E-state index in [2.05, 4.69) is 0 Å². The second kappa shape index (κ2) is 6.44. The van der Waals surface area contributed by atoms with Crippen LogP contribution in [-0.2, 0) is 12.1 Å². The highest BCUT2D eigenvalue weighted by Crippen LogP contribution is 2.33. The first-order valence-electron chi connectivity index (χ1n) is 6.71. The first-order valence-corrected chi connectivity index (χ1v) is 6.71. The Morgan fingerprint density at radius 1 is 1.09 bits per heavy atom.